The molecule has 1 N–H and O–H groups in total. The molecule has 5 nitrogen and oxygen atoms in total. The third kappa shape index (κ3) is 3.62. The second-order valence-corrected chi connectivity index (χ2v) is 5.62. The van der Waals surface area contributed by atoms with E-state index in [1.165, 1.54) is 21.3 Å². The van der Waals surface area contributed by atoms with Crippen molar-refractivity contribution in [1.82, 2.24) is 0 Å². The highest BCUT2D eigenvalue weighted by molar-refractivity contribution is 14.1. The third-order valence-corrected chi connectivity index (χ3v) is 3.68. The molecule has 0 aliphatic rings. The fourth-order valence-corrected chi connectivity index (χ4v) is 2.52. The molecule has 0 bridgehead atoms. The summed E-state index contributed by atoms with van der Waals surface area (Å²) in [4.78, 5) is 12.4. The first kappa shape index (κ1) is 16.4. The fraction of sp³-hybridized carbons (Fsp3) is 0.188. The van der Waals surface area contributed by atoms with Gasteiger partial charge in [-0.3, -0.25) is 4.79 Å². The van der Waals surface area contributed by atoms with Gasteiger partial charge < -0.3 is 19.5 Å². The largest absolute Gasteiger partial charge is 0.493 e. The summed E-state index contributed by atoms with van der Waals surface area (Å²) in [7, 11) is 4.54. The number of hydrogen-bond donors (Lipinski definition) is 1. The minimum absolute atomic E-state index is 0.249. The average molecular weight is 413 g/mol. The van der Waals surface area contributed by atoms with Crippen molar-refractivity contribution < 1.29 is 19.0 Å². The van der Waals surface area contributed by atoms with Crippen molar-refractivity contribution >= 4 is 34.2 Å². The van der Waals surface area contributed by atoms with E-state index in [9.17, 15) is 4.79 Å². The van der Waals surface area contributed by atoms with Crippen LogP contribution in [-0.4, -0.2) is 27.2 Å². The molecule has 2 aromatic rings. The van der Waals surface area contributed by atoms with Gasteiger partial charge in [0.25, 0.3) is 5.91 Å². The molecule has 0 spiro atoms. The van der Waals surface area contributed by atoms with Crippen molar-refractivity contribution in [2.75, 3.05) is 26.6 Å². The van der Waals surface area contributed by atoms with Gasteiger partial charge in [-0.1, -0.05) is 6.07 Å². The fourth-order valence-electron chi connectivity index (χ4n) is 1.98. The van der Waals surface area contributed by atoms with Crippen LogP contribution >= 0.6 is 22.6 Å². The molecule has 116 valence electrons. The summed E-state index contributed by atoms with van der Waals surface area (Å²) in [5, 5.41) is 2.84. The Morgan fingerprint density at radius 2 is 1.64 bits per heavy atom. The molecule has 0 saturated carbocycles. The normalized spacial score (nSPS) is 10.0. The number of ether oxygens (including phenoxy) is 3. The molecule has 6 heteroatoms. The Bertz CT molecular complexity index is 663. The lowest BCUT2D eigenvalue weighted by Crippen LogP contribution is -2.12. The Labute approximate surface area is 142 Å². The van der Waals surface area contributed by atoms with Crippen LogP contribution in [0.2, 0.25) is 0 Å². The SMILES string of the molecule is COc1cc(C(=O)Nc2cccc(I)c2)cc(OC)c1OC. The predicted molar refractivity (Wildman–Crippen MR) is 93.2 cm³/mol. The quantitative estimate of drug-likeness (QED) is 0.762. The average Bonchev–Trinajstić information content (AvgIpc) is 2.53. The summed E-state index contributed by atoms with van der Waals surface area (Å²) in [6, 6.07) is 10.8. The van der Waals surface area contributed by atoms with Gasteiger partial charge in [-0.25, -0.2) is 0 Å². The molecule has 22 heavy (non-hydrogen) atoms. The highest BCUT2D eigenvalue weighted by Gasteiger charge is 2.17. The monoisotopic (exact) mass is 413 g/mol. The zero-order valence-electron chi connectivity index (χ0n) is 12.5. The molecule has 0 aromatic heterocycles. The summed E-state index contributed by atoms with van der Waals surface area (Å²) >= 11 is 2.19. The number of benzene rings is 2. The predicted octanol–water partition coefficient (Wildman–Crippen LogP) is 3.57. The van der Waals surface area contributed by atoms with E-state index in [1.54, 1.807) is 12.1 Å². The maximum atomic E-state index is 12.4. The summed E-state index contributed by atoms with van der Waals surface area (Å²) < 4.78 is 16.8. The van der Waals surface area contributed by atoms with Crippen LogP contribution in [0.1, 0.15) is 10.4 Å². The molecule has 0 saturated heterocycles. The van der Waals surface area contributed by atoms with E-state index >= 15 is 0 Å². The van der Waals surface area contributed by atoms with Crippen molar-refractivity contribution in [3.8, 4) is 17.2 Å². The van der Waals surface area contributed by atoms with Gasteiger partial charge >= 0.3 is 0 Å². The number of carbonyl (C=O) groups excluding carboxylic acids is 1. The number of methoxy groups -OCH3 is 3. The number of hydrogen-bond acceptors (Lipinski definition) is 4. The van der Waals surface area contributed by atoms with Crippen LogP contribution in [0.3, 0.4) is 0 Å². The van der Waals surface area contributed by atoms with E-state index in [1.807, 2.05) is 24.3 Å². The molecule has 0 atom stereocenters. The van der Waals surface area contributed by atoms with Crippen molar-refractivity contribution in [3.05, 3.63) is 45.5 Å². The van der Waals surface area contributed by atoms with Crippen LogP contribution in [0.5, 0.6) is 17.2 Å². The summed E-state index contributed by atoms with van der Waals surface area (Å²) in [6.07, 6.45) is 0. The van der Waals surface area contributed by atoms with Gasteiger partial charge in [-0.2, -0.15) is 0 Å². The standard InChI is InChI=1S/C16H16INO4/c1-20-13-7-10(8-14(21-2)15(13)22-3)16(19)18-12-6-4-5-11(17)9-12/h4-9H,1-3H3,(H,18,19). The molecule has 0 heterocycles. The highest BCUT2D eigenvalue weighted by atomic mass is 127. The van der Waals surface area contributed by atoms with Crippen molar-refractivity contribution in [2.24, 2.45) is 0 Å². The van der Waals surface area contributed by atoms with E-state index < -0.39 is 0 Å². The Morgan fingerprint density at radius 3 is 2.14 bits per heavy atom. The van der Waals surface area contributed by atoms with Gasteiger partial charge in [0.15, 0.2) is 11.5 Å². The Kier molecular flexibility index (Phi) is 5.48. The molecule has 0 fully saturated rings. The first-order chi connectivity index (χ1) is 10.6. The lowest BCUT2D eigenvalue weighted by atomic mass is 10.1. The van der Waals surface area contributed by atoms with Crippen molar-refractivity contribution in [1.29, 1.82) is 0 Å². The van der Waals surface area contributed by atoms with Crippen molar-refractivity contribution in [3.63, 3.8) is 0 Å². The number of rotatable bonds is 5. The maximum Gasteiger partial charge on any atom is 0.255 e. The van der Waals surface area contributed by atoms with Gasteiger partial charge in [0, 0.05) is 14.8 Å². The van der Waals surface area contributed by atoms with E-state index in [4.69, 9.17) is 14.2 Å². The molecule has 0 unspecified atom stereocenters. The van der Waals surface area contributed by atoms with Gasteiger partial charge in [0.2, 0.25) is 5.75 Å². The van der Waals surface area contributed by atoms with Crippen molar-refractivity contribution in [2.45, 2.75) is 0 Å². The molecule has 0 aliphatic carbocycles. The van der Waals surface area contributed by atoms with Crippen LogP contribution < -0.4 is 19.5 Å². The van der Waals surface area contributed by atoms with Crippen LogP contribution in [0.25, 0.3) is 0 Å². The van der Waals surface area contributed by atoms with Gasteiger partial charge in [-0.15, -0.1) is 0 Å². The first-order valence-corrected chi connectivity index (χ1v) is 7.54. The number of nitrogens with one attached hydrogen (secondary N) is 1. The molecular weight excluding hydrogens is 397 g/mol. The minimum atomic E-state index is -0.249. The first-order valence-electron chi connectivity index (χ1n) is 6.46. The molecular formula is C16H16INO4. The molecule has 1 amide bonds. The number of anilines is 1. The van der Waals surface area contributed by atoms with E-state index in [2.05, 4.69) is 27.9 Å². The zero-order chi connectivity index (χ0) is 16.1. The van der Waals surface area contributed by atoms with E-state index in [0.717, 1.165) is 9.26 Å². The van der Waals surface area contributed by atoms with Gasteiger partial charge in [-0.05, 0) is 52.9 Å². The van der Waals surface area contributed by atoms with Crippen LogP contribution in [-0.2, 0) is 0 Å². The summed E-state index contributed by atoms with van der Waals surface area (Å²) in [5.41, 5.74) is 1.15. The number of amides is 1. The molecule has 0 aliphatic heterocycles. The molecule has 0 radical (unpaired) electrons. The highest BCUT2D eigenvalue weighted by Crippen LogP contribution is 2.38. The third-order valence-electron chi connectivity index (χ3n) is 3.01. The Balaban J connectivity index is 2.33. The van der Waals surface area contributed by atoms with Gasteiger partial charge in [0.05, 0.1) is 21.3 Å². The van der Waals surface area contributed by atoms with Gasteiger partial charge in [0.1, 0.15) is 0 Å². The second-order valence-electron chi connectivity index (χ2n) is 4.38. The lowest BCUT2D eigenvalue weighted by molar-refractivity contribution is 0.102. The number of halogens is 1. The van der Waals surface area contributed by atoms with Crippen LogP contribution in [0, 0.1) is 3.57 Å². The summed E-state index contributed by atoms with van der Waals surface area (Å²) in [6.45, 7) is 0. The topological polar surface area (TPSA) is 56.8 Å². The smallest absolute Gasteiger partial charge is 0.255 e. The molecule has 2 rings (SSSR count). The van der Waals surface area contributed by atoms with Crippen LogP contribution in [0.4, 0.5) is 5.69 Å². The second kappa shape index (κ2) is 7.35. The van der Waals surface area contributed by atoms with E-state index in [-0.39, 0.29) is 5.91 Å². The summed E-state index contributed by atoms with van der Waals surface area (Å²) in [5.74, 6) is 1.08. The zero-order valence-corrected chi connectivity index (χ0v) is 14.6. The Hall–Kier alpha value is -1.96. The lowest BCUT2D eigenvalue weighted by Gasteiger charge is -2.14. The molecule has 2 aromatic carbocycles. The van der Waals surface area contributed by atoms with E-state index in [0.29, 0.717) is 22.8 Å². The maximum absolute atomic E-state index is 12.4. The minimum Gasteiger partial charge on any atom is -0.493 e. The van der Waals surface area contributed by atoms with Crippen LogP contribution in [0.15, 0.2) is 36.4 Å². The number of carbonyl (C=O) groups is 1. The Morgan fingerprint density at radius 1 is 1.00 bits per heavy atom.